The highest BCUT2D eigenvalue weighted by Crippen LogP contribution is 2.18. The molecule has 0 fully saturated rings. The van der Waals surface area contributed by atoms with Crippen LogP contribution in [0.4, 0.5) is 5.69 Å². The van der Waals surface area contributed by atoms with Crippen LogP contribution in [0.15, 0.2) is 23.0 Å². The fraction of sp³-hybridized carbons (Fsp3) is 0.500. The van der Waals surface area contributed by atoms with Crippen LogP contribution >= 0.6 is 0 Å². The van der Waals surface area contributed by atoms with Crippen LogP contribution in [0.5, 0.6) is 0 Å². The Bertz CT molecular complexity index is 922. The molecule has 3 rings (SSSR count). The van der Waals surface area contributed by atoms with E-state index in [0.717, 1.165) is 37.9 Å². The highest BCUT2D eigenvalue weighted by Gasteiger charge is 2.14. The van der Waals surface area contributed by atoms with Gasteiger partial charge >= 0.3 is 0 Å². The molecule has 150 valence electrons. The monoisotopic (exact) mass is 386 g/mol. The number of aromatic nitrogens is 2. The molecule has 1 aromatic heterocycles. The van der Waals surface area contributed by atoms with Crippen molar-refractivity contribution < 1.29 is 14.8 Å². The number of amides is 2. The molecule has 2 amide bonds. The number of nitrogens with zero attached hydrogens (tertiary/aromatic N) is 2. The van der Waals surface area contributed by atoms with Gasteiger partial charge in [0.05, 0.1) is 10.9 Å². The molecule has 2 heterocycles. The van der Waals surface area contributed by atoms with Gasteiger partial charge in [-0.2, -0.15) is 0 Å². The van der Waals surface area contributed by atoms with Gasteiger partial charge in [0.15, 0.2) is 0 Å². The summed E-state index contributed by atoms with van der Waals surface area (Å²) in [4.78, 5) is 40.6. The van der Waals surface area contributed by atoms with Gasteiger partial charge in [0.25, 0.3) is 5.56 Å². The van der Waals surface area contributed by atoms with Crippen molar-refractivity contribution in [2.45, 2.75) is 64.3 Å². The van der Waals surface area contributed by atoms with Gasteiger partial charge in [0.1, 0.15) is 5.82 Å². The smallest absolute Gasteiger partial charge is 0.261 e. The van der Waals surface area contributed by atoms with E-state index in [9.17, 15) is 14.4 Å². The Kier molecular flexibility index (Phi) is 6.76. The van der Waals surface area contributed by atoms with Crippen LogP contribution in [-0.2, 0) is 22.6 Å². The molecule has 0 unspecified atom stereocenters. The summed E-state index contributed by atoms with van der Waals surface area (Å²) in [6, 6.07) is 5.25. The molecule has 0 atom stereocenters. The minimum atomic E-state index is -0.418. The number of unbranched alkanes of at least 4 members (excludes halogenated alkanes) is 2. The molecule has 0 bridgehead atoms. The van der Waals surface area contributed by atoms with Crippen molar-refractivity contribution in [2.75, 3.05) is 5.32 Å². The molecule has 1 aliphatic heterocycles. The van der Waals surface area contributed by atoms with E-state index in [1.54, 1.807) is 28.2 Å². The number of anilines is 1. The van der Waals surface area contributed by atoms with Crippen molar-refractivity contribution in [3.63, 3.8) is 0 Å². The van der Waals surface area contributed by atoms with Gasteiger partial charge in [-0.25, -0.2) is 10.5 Å². The Balaban J connectivity index is 1.62. The minimum Gasteiger partial charge on any atom is -0.326 e. The average Bonchev–Trinajstić information content (AvgIpc) is 2.94. The molecule has 0 aliphatic carbocycles. The number of carbonyl (C=O) groups is 2. The molecule has 2 aromatic rings. The normalized spacial score (nSPS) is 13.6. The number of nitrogens with one attached hydrogen (secondary N) is 2. The van der Waals surface area contributed by atoms with E-state index >= 15 is 0 Å². The van der Waals surface area contributed by atoms with Gasteiger partial charge in [0.2, 0.25) is 11.8 Å². The lowest BCUT2D eigenvalue weighted by Gasteiger charge is -2.11. The molecule has 0 saturated carbocycles. The molecule has 3 N–H and O–H groups in total. The Labute approximate surface area is 162 Å². The zero-order valence-electron chi connectivity index (χ0n) is 15.9. The highest BCUT2D eigenvalue weighted by atomic mass is 16.5. The summed E-state index contributed by atoms with van der Waals surface area (Å²) in [5, 5.41) is 11.8. The Morgan fingerprint density at radius 1 is 1.07 bits per heavy atom. The lowest BCUT2D eigenvalue weighted by atomic mass is 10.1. The maximum atomic E-state index is 12.8. The van der Waals surface area contributed by atoms with Crippen molar-refractivity contribution in [1.82, 2.24) is 15.0 Å². The molecule has 8 heteroatoms. The number of rotatable bonds is 7. The molecule has 28 heavy (non-hydrogen) atoms. The molecule has 8 nitrogen and oxygen atoms in total. The molecule has 1 aliphatic rings. The topological polar surface area (TPSA) is 113 Å². The van der Waals surface area contributed by atoms with Crippen molar-refractivity contribution in [3.8, 4) is 0 Å². The largest absolute Gasteiger partial charge is 0.326 e. The second kappa shape index (κ2) is 9.45. The summed E-state index contributed by atoms with van der Waals surface area (Å²) in [5.41, 5.74) is 2.80. The first-order valence-corrected chi connectivity index (χ1v) is 9.85. The SMILES string of the molecule is O=C(CCCCCC(=O)Nc1ccc2nc3n(c(=O)c2c1)CCCCC3)NO. The average molecular weight is 386 g/mol. The van der Waals surface area contributed by atoms with Crippen LogP contribution in [0.3, 0.4) is 0 Å². The van der Waals surface area contributed by atoms with Crippen molar-refractivity contribution in [1.29, 1.82) is 0 Å². The van der Waals surface area contributed by atoms with Crippen LogP contribution < -0.4 is 16.4 Å². The Hall–Kier alpha value is -2.74. The number of hydroxylamine groups is 1. The number of aryl methyl sites for hydroxylation is 1. The molecule has 0 spiro atoms. The molecule has 1 aromatic carbocycles. The van der Waals surface area contributed by atoms with Crippen LogP contribution in [-0.4, -0.2) is 26.6 Å². The van der Waals surface area contributed by atoms with Crippen LogP contribution in [0.1, 0.15) is 57.2 Å². The number of fused-ring (bicyclic) bond motifs is 2. The summed E-state index contributed by atoms with van der Waals surface area (Å²) < 4.78 is 1.77. The fourth-order valence-corrected chi connectivity index (χ4v) is 3.52. The third-order valence-electron chi connectivity index (χ3n) is 5.03. The van der Waals surface area contributed by atoms with Gasteiger partial charge in [-0.15, -0.1) is 0 Å². The second-order valence-electron chi connectivity index (χ2n) is 7.17. The van der Waals surface area contributed by atoms with Crippen molar-refractivity contribution in [2.24, 2.45) is 0 Å². The first-order valence-electron chi connectivity index (χ1n) is 9.85. The zero-order chi connectivity index (χ0) is 19.9. The van der Waals surface area contributed by atoms with E-state index < -0.39 is 5.91 Å². The van der Waals surface area contributed by atoms with Crippen LogP contribution in [0.25, 0.3) is 10.9 Å². The summed E-state index contributed by atoms with van der Waals surface area (Å²) in [5.74, 6) is 0.300. The number of benzene rings is 1. The van der Waals surface area contributed by atoms with E-state index in [4.69, 9.17) is 5.21 Å². The molecule has 0 radical (unpaired) electrons. The van der Waals surface area contributed by atoms with Crippen molar-refractivity contribution in [3.05, 3.63) is 34.4 Å². The predicted molar refractivity (Wildman–Crippen MR) is 105 cm³/mol. The third kappa shape index (κ3) is 4.95. The highest BCUT2D eigenvalue weighted by molar-refractivity contribution is 5.93. The standard InChI is InChI=1S/C20H26N4O4/c25-18(8-4-1-5-9-19(26)23-28)21-14-10-11-16-15(13-14)20(27)24-12-6-2-3-7-17(24)22-16/h10-11,13,28H,1-9,12H2,(H,21,25)(H,23,26). The maximum Gasteiger partial charge on any atom is 0.261 e. The number of hydrogen-bond acceptors (Lipinski definition) is 5. The lowest BCUT2D eigenvalue weighted by molar-refractivity contribution is -0.129. The lowest BCUT2D eigenvalue weighted by Crippen LogP contribution is -2.24. The fourth-order valence-electron chi connectivity index (χ4n) is 3.52. The maximum absolute atomic E-state index is 12.8. The Morgan fingerprint density at radius 2 is 1.86 bits per heavy atom. The second-order valence-corrected chi connectivity index (χ2v) is 7.17. The third-order valence-corrected chi connectivity index (χ3v) is 5.03. The van der Waals surface area contributed by atoms with Crippen LogP contribution in [0.2, 0.25) is 0 Å². The number of hydrogen-bond donors (Lipinski definition) is 3. The first-order chi connectivity index (χ1) is 13.6. The van der Waals surface area contributed by atoms with E-state index in [1.807, 2.05) is 0 Å². The number of carbonyl (C=O) groups excluding carboxylic acids is 2. The first kappa shape index (κ1) is 20.0. The zero-order valence-corrected chi connectivity index (χ0v) is 15.9. The quantitative estimate of drug-likeness (QED) is 0.384. The van der Waals surface area contributed by atoms with Crippen LogP contribution in [0, 0.1) is 0 Å². The van der Waals surface area contributed by atoms with E-state index in [1.165, 1.54) is 0 Å². The summed E-state index contributed by atoms with van der Waals surface area (Å²) in [7, 11) is 0. The van der Waals surface area contributed by atoms with Gasteiger partial charge in [-0.05, 0) is 43.9 Å². The summed E-state index contributed by atoms with van der Waals surface area (Å²) in [6.45, 7) is 0.696. The van der Waals surface area contributed by atoms with E-state index in [-0.39, 0.29) is 17.9 Å². The van der Waals surface area contributed by atoms with Gasteiger partial charge in [0, 0.05) is 31.5 Å². The van der Waals surface area contributed by atoms with Crippen molar-refractivity contribution >= 4 is 28.4 Å². The predicted octanol–water partition coefficient (Wildman–Crippen LogP) is 2.52. The summed E-state index contributed by atoms with van der Waals surface area (Å²) >= 11 is 0. The molecular formula is C20H26N4O4. The Morgan fingerprint density at radius 3 is 2.64 bits per heavy atom. The minimum absolute atomic E-state index is 0.0415. The molecule has 0 saturated heterocycles. The van der Waals surface area contributed by atoms with Gasteiger partial charge < -0.3 is 5.32 Å². The molecular weight excluding hydrogens is 360 g/mol. The van der Waals surface area contributed by atoms with E-state index in [0.29, 0.717) is 42.4 Å². The van der Waals surface area contributed by atoms with Gasteiger partial charge in [-0.3, -0.25) is 24.2 Å². The summed E-state index contributed by atoms with van der Waals surface area (Å²) in [6.07, 6.45) is 6.52. The van der Waals surface area contributed by atoms with E-state index in [2.05, 4.69) is 10.3 Å². The van der Waals surface area contributed by atoms with Gasteiger partial charge in [-0.1, -0.05) is 12.8 Å².